The number of aryl methyl sites for hydroxylation is 3. The van der Waals surface area contributed by atoms with Gasteiger partial charge in [0.05, 0.1) is 11.7 Å². The van der Waals surface area contributed by atoms with E-state index in [1.54, 1.807) is 0 Å². The van der Waals surface area contributed by atoms with Gasteiger partial charge >= 0.3 is 0 Å². The topological polar surface area (TPSA) is 123 Å². The van der Waals surface area contributed by atoms with E-state index in [1.807, 2.05) is 30.3 Å². The third kappa shape index (κ3) is 6.35. The van der Waals surface area contributed by atoms with E-state index in [1.165, 1.54) is 22.6 Å². The fraction of sp³-hybridized carbons (Fsp3) is 0.500. The number of fused-ring (bicyclic) bond motifs is 1. The molecule has 6 N–H and O–H groups in total. The summed E-state index contributed by atoms with van der Waals surface area (Å²) in [6.07, 6.45) is 6.61. The van der Waals surface area contributed by atoms with E-state index in [0.29, 0.717) is 37.4 Å². The van der Waals surface area contributed by atoms with E-state index in [9.17, 15) is 9.59 Å². The van der Waals surface area contributed by atoms with Crippen molar-refractivity contribution in [2.45, 2.75) is 63.5 Å². The Hall–Kier alpha value is -2.29. The molecule has 0 saturated carbocycles. The molecule has 0 aliphatic heterocycles. The number of nitrogens with zero attached hydrogens (tertiary/aromatic N) is 1. The summed E-state index contributed by atoms with van der Waals surface area (Å²) in [6.45, 7) is 0.480. The maximum atomic E-state index is 13.0. The number of hydrogen-bond acceptors (Lipinski definition) is 6. The number of nitrogens with two attached hydrogens (primary N) is 2. The molecule has 1 aromatic heterocycles. The first kappa shape index (κ1) is 22.4. The minimum Gasteiger partial charge on any atom is -0.343 e. The van der Waals surface area contributed by atoms with Crippen LogP contribution in [0.4, 0.5) is 5.13 Å². The smallest absolute Gasteiger partial charge is 0.248 e. The normalized spacial score (nSPS) is 15.1. The lowest BCUT2D eigenvalue weighted by molar-refractivity contribution is -0.127. The molecule has 0 saturated heterocycles. The summed E-state index contributed by atoms with van der Waals surface area (Å²) in [5, 5.41) is 6.36. The van der Waals surface area contributed by atoms with Crippen molar-refractivity contribution in [1.82, 2.24) is 10.3 Å². The second-order valence-corrected chi connectivity index (χ2v) is 8.79. The van der Waals surface area contributed by atoms with Crippen molar-refractivity contribution < 1.29 is 9.59 Å². The Morgan fingerprint density at radius 2 is 1.87 bits per heavy atom. The first-order chi connectivity index (χ1) is 14.6. The van der Waals surface area contributed by atoms with Crippen molar-refractivity contribution in [3.05, 3.63) is 46.5 Å². The van der Waals surface area contributed by atoms with Crippen molar-refractivity contribution >= 4 is 28.3 Å². The van der Waals surface area contributed by atoms with Gasteiger partial charge < -0.3 is 22.1 Å². The molecule has 0 fully saturated rings. The van der Waals surface area contributed by atoms with Crippen LogP contribution in [0.3, 0.4) is 0 Å². The molecule has 8 heteroatoms. The molecule has 0 spiro atoms. The minimum absolute atomic E-state index is 0.253. The van der Waals surface area contributed by atoms with E-state index >= 15 is 0 Å². The van der Waals surface area contributed by atoms with E-state index in [2.05, 4.69) is 15.6 Å². The molecule has 0 unspecified atom stereocenters. The Morgan fingerprint density at radius 1 is 1.10 bits per heavy atom. The van der Waals surface area contributed by atoms with Gasteiger partial charge in [-0.05, 0) is 63.5 Å². The molecule has 0 bridgehead atoms. The molecule has 1 aliphatic rings. The summed E-state index contributed by atoms with van der Waals surface area (Å²) in [5.41, 5.74) is 13.7. The monoisotopic (exact) mass is 429 g/mol. The lowest BCUT2D eigenvalue weighted by Gasteiger charge is -2.20. The molecule has 162 valence electrons. The van der Waals surface area contributed by atoms with Crippen molar-refractivity contribution in [2.75, 3.05) is 11.9 Å². The van der Waals surface area contributed by atoms with E-state index < -0.39 is 12.1 Å². The van der Waals surface area contributed by atoms with Gasteiger partial charge in [0.2, 0.25) is 11.8 Å². The zero-order chi connectivity index (χ0) is 21.3. The number of rotatable bonds is 10. The summed E-state index contributed by atoms with van der Waals surface area (Å²) in [6, 6.07) is 8.56. The maximum absolute atomic E-state index is 13.0. The molecule has 2 amide bonds. The Bertz CT molecular complexity index is 816. The van der Waals surface area contributed by atoms with Crippen LogP contribution in [0.5, 0.6) is 0 Å². The summed E-state index contributed by atoms with van der Waals surface area (Å²) in [5.74, 6) is -0.577. The Morgan fingerprint density at radius 3 is 2.60 bits per heavy atom. The highest BCUT2D eigenvalue weighted by Gasteiger charge is 2.25. The van der Waals surface area contributed by atoms with Gasteiger partial charge in [-0.3, -0.25) is 9.59 Å². The van der Waals surface area contributed by atoms with Gasteiger partial charge in [0, 0.05) is 4.88 Å². The molecule has 7 nitrogen and oxygen atoms in total. The standard InChI is InChI=1S/C22H31N5O2S/c23-14-6-9-16(24)20(28)25-18(13-12-15-7-2-1-3-8-15)21(29)27-22-26-17-10-4-5-11-19(17)30-22/h1-3,7-8,16,18H,4-6,9-14,23-24H2,(H,25,28)(H,26,27,29)/t16-,18+/m0/s1. The number of thiazole rings is 1. The van der Waals surface area contributed by atoms with Crippen LogP contribution in [-0.4, -0.2) is 35.4 Å². The molecule has 30 heavy (non-hydrogen) atoms. The fourth-order valence-electron chi connectivity index (χ4n) is 3.57. The van der Waals surface area contributed by atoms with Gasteiger partial charge in [-0.15, -0.1) is 11.3 Å². The van der Waals surface area contributed by atoms with E-state index in [-0.39, 0.29) is 11.8 Å². The number of carbonyl (C=O) groups is 2. The van der Waals surface area contributed by atoms with Crippen LogP contribution in [0.25, 0.3) is 0 Å². The number of anilines is 1. The number of benzene rings is 1. The lowest BCUT2D eigenvalue weighted by atomic mass is 10.0. The Kier molecular flexibility index (Phi) is 8.36. The van der Waals surface area contributed by atoms with Gasteiger partial charge in [-0.25, -0.2) is 4.98 Å². The maximum Gasteiger partial charge on any atom is 0.248 e. The summed E-state index contributed by atoms with van der Waals surface area (Å²) in [7, 11) is 0. The zero-order valence-electron chi connectivity index (χ0n) is 17.2. The van der Waals surface area contributed by atoms with Gasteiger partial charge in [0.25, 0.3) is 0 Å². The minimum atomic E-state index is -0.678. The first-order valence-electron chi connectivity index (χ1n) is 10.7. The molecule has 0 radical (unpaired) electrons. The highest BCUT2D eigenvalue weighted by atomic mass is 32.1. The average Bonchev–Trinajstić information content (AvgIpc) is 3.17. The number of hydrogen-bond donors (Lipinski definition) is 4. The van der Waals surface area contributed by atoms with Crippen LogP contribution >= 0.6 is 11.3 Å². The van der Waals surface area contributed by atoms with Crippen LogP contribution in [0.2, 0.25) is 0 Å². The van der Waals surface area contributed by atoms with Gasteiger partial charge in [-0.1, -0.05) is 30.3 Å². The number of carbonyl (C=O) groups excluding carboxylic acids is 2. The molecule has 1 aliphatic carbocycles. The Labute approximate surface area is 181 Å². The van der Waals surface area contributed by atoms with Crippen molar-refractivity contribution in [2.24, 2.45) is 11.5 Å². The van der Waals surface area contributed by atoms with Crippen LogP contribution in [0, 0.1) is 0 Å². The van der Waals surface area contributed by atoms with Crippen molar-refractivity contribution in [1.29, 1.82) is 0 Å². The summed E-state index contributed by atoms with van der Waals surface area (Å²) in [4.78, 5) is 31.4. The van der Waals surface area contributed by atoms with Gasteiger partial charge in [-0.2, -0.15) is 0 Å². The molecular formula is C22H31N5O2S. The molecule has 2 atom stereocenters. The molecule has 1 heterocycles. The van der Waals surface area contributed by atoms with Crippen molar-refractivity contribution in [3.63, 3.8) is 0 Å². The summed E-state index contributed by atoms with van der Waals surface area (Å²) >= 11 is 1.54. The first-order valence-corrected chi connectivity index (χ1v) is 11.5. The van der Waals surface area contributed by atoms with Crippen LogP contribution in [0.15, 0.2) is 30.3 Å². The van der Waals surface area contributed by atoms with Crippen LogP contribution in [0.1, 0.15) is 48.2 Å². The second kappa shape index (κ2) is 11.2. The largest absolute Gasteiger partial charge is 0.343 e. The average molecular weight is 430 g/mol. The number of aromatic nitrogens is 1. The molecule has 2 aromatic rings. The van der Waals surface area contributed by atoms with Gasteiger partial charge in [0.1, 0.15) is 6.04 Å². The highest BCUT2D eigenvalue weighted by molar-refractivity contribution is 7.15. The highest BCUT2D eigenvalue weighted by Crippen LogP contribution is 2.29. The third-order valence-electron chi connectivity index (χ3n) is 5.33. The van der Waals surface area contributed by atoms with Crippen molar-refractivity contribution in [3.8, 4) is 0 Å². The SMILES string of the molecule is NCCC[C@H](N)C(=O)N[C@H](CCc1ccccc1)C(=O)Nc1nc2c(s1)CCCC2. The molecule has 3 rings (SSSR count). The summed E-state index contributed by atoms with van der Waals surface area (Å²) < 4.78 is 0. The quantitative estimate of drug-likeness (QED) is 0.461. The lowest BCUT2D eigenvalue weighted by Crippen LogP contribution is -2.50. The van der Waals surface area contributed by atoms with Crippen LogP contribution in [-0.2, 0) is 28.9 Å². The zero-order valence-corrected chi connectivity index (χ0v) is 18.0. The predicted octanol–water partition coefficient (Wildman–Crippen LogP) is 2.14. The predicted molar refractivity (Wildman–Crippen MR) is 120 cm³/mol. The second-order valence-electron chi connectivity index (χ2n) is 7.71. The molecule has 1 aromatic carbocycles. The number of nitrogens with one attached hydrogen (secondary N) is 2. The third-order valence-corrected chi connectivity index (χ3v) is 6.40. The number of amides is 2. The van der Waals surface area contributed by atoms with E-state index in [0.717, 1.165) is 30.5 Å². The van der Waals surface area contributed by atoms with E-state index in [4.69, 9.17) is 11.5 Å². The fourth-order valence-corrected chi connectivity index (χ4v) is 4.62. The Balaban J connectivity index is 1.66. The van der Waals surface area contributed by atoms with Crippen LogP contribution < -0.4 is 22.1 Å². The van der Waals surface area contributed by atoms with Gasteiger partial charge in [0.15, 0.2) is 5.13 Å². The molecular weight excluding hydrogens is 398 g/mol.